The van der Waals surface area contributed by atoms with Crippen LogP contribution in [0.15, 0.2) is 48.8 Å². The fourth-order valence-electron chi connectivity index (χ4n) is 2.69. The van der Waals surface area contributed by atoms with Crippen molar-refractivity contribution < 1.29 is 4.74 Å². The first-order valence-electron chi connectivity index (χ1n) is 8.08. The van der Waals surface area contributed by atoms with E-state index in [1.54, 1.807) is 0 Å². The zero-order valence-electron chi connectivity index (χ0n) is 14.4. The van der Waals surface area contributed by atoms with Crippen LogP contribution in [0.1, 0.15) is 11.1 Å². The number of nitrogens with zero attached hydrogens (tertiary/aromatic N) is 3. The summed E-state index contributed by atoms with van der Waals surface area (Å²) < 4.78 is 6.97. The second-order valence-electron chi connectivity index (χ2n) is 5.98. The van der Waals surface area contributed by atoms with Gasteiger partial charge < -0.3 is 15.8 Å². The molecule has 3 N–H and O–H groups in total. The molecule has 0 amide bonds. The molecule has 0 saturated heterocycles. The molecule has 0 atom stereocenters. The van der Waals surface area contributed by atoms with Gasteiger partial charge in [0.15, 0.2) is 10.9 Å². The Bertz CT molecular complexity index is 1040. The lowest BCUT2D eigenvalue weighted by Crippen LogP contribution is -2.03. The van der Waals surface area contributed by atoms with Crippen molar-refractivity contribution in [2.75, 3.05) is 11.1 Å². The van der Waals surface area contributed by atoms with Gasteiger partial charge in [-0.05, 0) is 49.2 Å². The third-order valence-corrected chi connectivity index (χ3v) is 4.73. The van der Waals surface area contributed by atoms with Gasteiger partial charge in [0.05, 0.1) is 10.2 Å². The van der Waals surface area contributed by atoms with Crippen molar-refractivity contribution in [1.82, 2.24) is 15.0 Å². The molecule has 130 valence electrons. The molecule has 7 heteroatoms. The molecule has 0 spiro atoms. The number of nitrogens with one attached hydrogen (secondary N) is 1. The lowest BCUT2D eigenvalue weighted by atomic mass is 10.1. The summed E-state index contributed by atoms with van der Waals surface area (Å²) in [4.78, 5) is 12.9. The van der Waals surface area contributed by atoms with E-state index < -0.39 is 0 Å². The van der Waals surface area contributed by atoms with E-state index in [0.717, 1.165) is 21.3 Å². The number of benzene rings is 2. The second kappa shape index (κ2) is 6.61. The first kappa shape index (κ1) is 16.3. The number of nitrogen functional groups attached to an aromatic ring is 1. The zero-order valence-corrected chi connectivity index (χ0v) is 15.2. The number of thiazole rings is 1. The van der Waals surface area contributed by atoms with Crippen molar-refractivity contribution in [2.24, 2.45) is 0 Å². The van der Waals surface area contributed by atoms with Crippen LogP contribution < -0.4 is 15.8 Å². The molecule has 0 unspecified atom stereocenters. The standard InChI is InChI=1S/C19H17N5OS/c1-11-7-12(2)9-13(8-11)25-18-16(20)17(21-10-22-18)24-19-23-14-5-3-4-6-15(14)26-19/h3-10H,20H2,1-2H3,(H,21,22,23,24). The Labute approximate surface area is 154 Å². The van der Waals surface area contributed by atoms with E-state index >= 15 is 0 Å². The molecule has 0 aliphatic carbocycles. The first-order valence-corrected chi connectivity index (χ1v) is 8.89. The summed E-state index contributed by atoms with van der Waals surface area (Å²) in [6.07, 6.45) is 1.42. The number of nitrogens with two attached hydrogens (primary N) is 1. The van der Waals surface area contributed by atoms with Crippen LogP contribution in [-0.2, 0) is 0 Å². The first-order chi connectivity index (χ1) is 12.6. The molecule has 0 aliphatic heterocycles. The Morgan fingerprint density at radius 3 is 2.58 bits per heavy atom. The maximum Gasteiger partial charge on any atom is 0.248 e. The minimum atomic E-state index is 0.314. The normalized spacial score (nSPS) is 10.8. The number of hydrogen-bond donors (Lipinski definition) is 2. The summed E-state index contributed by atoms with van der Waals surface area (Å²) in [6.45, 7) is 4.03. The van der Waals surface area contributed by atoms with Crippen LogP contribution in [0.3, 0.4) is 0 Å². The second-order valence-corrected chi connectivity index (χ2v) is 7.01. The predicted octanol–water partition coefficient (Wildman–Crippen LogP) is 4.82. The number of aromatic nitrogens is 3. The van der Waals surface area contributed by atoms with Crippen LogP contribution in [0.2, 0.25) is 0 Å². The summed E-state index contributed by atoms with van der Waals surface area (Å²) in [7, 11) is 0. The smallest absolute Gasteiger partial charge is 0.248 e. The monoisotopic (exact) mass is 363 g/mol. The van der Waals surface area contributed by atoms with E-state index in [-0.39, 0.29) is 0 Å². The zero-order chi connectivity index (χ0) is 18.1. The molecule has 4 rings (SSSR count). The third kappa shape index (κ3) is 3.29. The average Bonchev–Trinajstić information content (AvgIpc) is 3.00. The Kier molecular flexibility index (Phi) is 4.14. The summed E-state index contributed by atoms with van der Waals surface area (Å²) in [5.74, 6) is 1.48. The molecule has 0 bridgehead atoms. The molecule has 2 aromatic heterocycles. The number of fused-ring (bicyclic) bond motifs is 1. The van der Waals surface area contributed by atoms with E-state index in [1.807, 2.05) is 50.2 Å². The topological polar surface area (TPSA) is 86.0 Å². The van der Waals surface area contributed by atoms with Gasteiger partial charge in [-0.25, -0.2) is 9.97 Å². The molecule has 0 aliphatic rings. The number of para-hydroxylation sites is 1. The van der Waals surface area contributed by atoms with E-state index in [0.29, 0.717) is 28.3 Å². The lowest BCUT2D eigenvalue weighted by molar-refractivity contribution is 0.464. The third-order valence-electron chi connectivity index (χ3n) is 3.78. The average molecular weight is 363 g/mol. The quantitative estimate of drug-likeness (QED) is 0.540. The van der Waals surface area contributed by atoms with Gasteiger partial charge in [-0.15, -0.1) is 0 Å². The van der Waals surface area contributed by atoms with Crippen LogP contribution in [0, 0.1) is 13.8 Å². The van der Waals surface area contributed by atoms with Crippen molar-refractivity contribution in [3.05, 3.63) is 59.9 Å². The van der Waals surface area contributed by atoms with E-state index in [4.69, 9.17) is 10.5 Å². The van der Waals surface area contributed by atoms with Crippen molar-refractivity contribution >= 4 is 38.2 Å². The van der Waals surface area contributed by atoms with Crippen molar-refractivity contribution in [2.45, 2.75) is 13.8 Å². The van der Waals surface area contributed by atoms with Gasteiger partial charge >= 0.3 is 0 Å². The van der Waals surface area contributed by atoms with Gasteiger partial charge in [-0.3, -0.25) is 0 Å². The van der Waals surface area contributed by atoms with Crippen LogP contribution in [0.4, 0.5) is 16.6 Å². The number of hydrogen-bond acceptors (Lipinski definition) is 7. The van der Waals surface area contributed by atoms with E-state index in [1.165, 1.54) is 17.7 Å². The fraction of sp³-hybridized carbons (Fsp3) is 0.105. The van der Waals surface area contributed by atoms with Gasteiger partial charge in [0, 0.05) is 0 Å². The fourth-order valence-corrected chi connectivity index (χ4v) is 3.56. The van der Waals surface area contributed by atoms with Gasteiger partial charge in [-0.1, -0.05) is 29.5 Å². The van der Waals surface area contributed by atoms with Gasteiger partial charge in [-0.2, -0.15) is 4.98 Å². The van der Waals surface area contributed by atoms with Gasteiger partial charge in [0.1, 0.15) is 17.8 Å². The highest BCUT2D eigenvalue weighted by Crippen LogP contribution is 2.33. The molecule has 4 aromatic rings. The summed E-state index contributed by atoms with van der Waals surface area (Å²) >= 11 is 1.54. The maximum atomic E-state index is 6.21. The van der Waals surface area contributed by atoms with Crippen LogP contribution in [0.25, 0.3) is 10.2 Å². The Hall–Kier alpha value is -3.19. The molecule has 0 saturated carbocycles. The number of aryl methyl sites for hydroxylation is 2. The predicted molar refractivity (Wildman–Crippen MR) is 105 cm³/mol. The van der Waals surface area contributed by atoms with Crippen molar-refractivity contribution in [1.29, 1.82) is 0 Å². The molecule has 2 aromatic carbocycles. The summed E-state index contributed by atoms with van der Waals surface area (Å²) in [6, 6.07) is 13.9. The van der Waals surface area contributed by atoms with E-state index in [2.05, 4.69) is 26.3 Å². The molecule has 0 fully saturated rings. The highest BCUT2D eigenvalue weighted by Gasteiger charge is 2.13. The van der Waals surface area contributed by atoms with Crippen LogP contribution in [-0.4, -0.2) is 15.0 Å². The Balaban J connectivity index is 1.62. The van der Waals surface area contributed by atoms with Crippen molar-refractivity contribution in [3.8, 4) is 11.6 Å². The summed E-state index contributed by atoms with van der Waals surface area (Å²) in [5.41, 5.74) is 9.71. The largest absolute Gasteiger partial charge is 0.437 e. The molecular formula is C19H17N5OS. The van der Waals surface area contributed by atoms with Crippen LogP contribution in [0.5, 0.6) is 11.6 Å². The number of rotatable bonds is 4. The molecule has 26 heavy (non-hydrogen) atoms. The lowest BCUT2D eigenvalue weighted by Gasteiger charge is -2.11. The minimum Gasteiger partial charge on any atom is -0.437 e. The molecule has 0 radical (unpaired) electrons. The van der Waals surface area contributed by atoms with Gasteiger partial charge in [0.25, 0.3) is 0 Å². The highest BCUT2D eigenvalue weighted by molar-refractivity contribution is 7.22. The maximum absolute atomic E-state index is 6.21. The summed E-state index contributed by atoms with van der Waals surface area (Å²) in [5, 5.41) is 3.88. The Morgan fingerprint density at radius 2 is 1.81 bits per heavy atom. The van der Waals surface area contributed by atoms with Gasteiger partial charge in [0.2, 0.25) is 5.88 Å². The Morgan fingerprint density at radius 1 is 1.04 bits per heavy atom. The minimum absolute atomic E-state index is 0.314. The number of ether oxygens (including phenoxy) is 1. The molecule has 2 heterocycles. The number of anilines is 3. The highest BCUT2D eigenvalue weighted by atomic mass is 32.1. The van der Waals surface area contributed by atoms with E-state index in [9.17, 15) is 0 Å². The SMILES string of the molecule is Cc1cc(C)cc(Oc2ncnc(Nc3nc4ccccc4s3)c2N)c1. The van der Waals surface area contributed by atoms with Crippen LogP contribution >= 0.6 is 11.3 Å². The van der Waals surface area contributed by atoms with Crippen molar-refractivity contribution in [3.63, 3.8) is 0 Å². The molecular weight excluding hydrogens is 346 g/mol. The molecule has 6 nitrogen and oxygen atoms in total.